The number of imidazole rings is 1. The number of hydrogen-bond acceptors (Lipinski definition) is 5. The Balaban J connectivity index is 1.36. The number of aromatic nitrogens is 2. The number of hydrogen-bond donors (Lipinski definition) is 0. The summed E-state index contributed by atoms with van der Waals surface area (Å²) in [6, 6.07) is 10.4. The van der Waals surface area contributed by atoms with Gasteiger partial charge in [0, 0.05) is 44.2 Å². The fourth-order valence-corrected chi connectivity index (χ4v) is 5.30. The number of amides is 1. The number of aryl methyl sites for hydroxylation is 1. The zero-order valence-electron chi connectivity index (χ0n) is 18.2. The van der Waals surface area contributed by atoms with E-state index in [1.54, 1.807) is 11.8 Å². The molecule has 2 aliphatic heterocycles. The number of benzene rings is 1. The molecule has 0 radical (unpaired) electrons. The monoisotopic (exact) mass is 428 g/mol. The van der Waals surface area contributed by atoms with Crippen LogP contribution in [0.3, 0.4) is 0 Å². The number of carbonyl (C=O) groups excluding carboxylic acids is 1. The maximum atomic E-state index is 13.1. The minimum absolute atomic E-state index is 0.155. The lowest BCUT2D eigenvalue weighted by Gasteiger charge is -2.37. The molecule has 30 heavy (non-hydrogen) atoms. The third-order valence-electron chi connectivity index (χ3n) is 6.18. The van der Waals surface area contributed by atoms with Gasteiger partial charge in [-0.1, -0.05) is 30.0 Å². The van der Waals surface area contributed by atoms with Gasteiger partial charge in [0.1, 0.15) is 0 Å². The Morgan fingerprint density at radius 1 is 1.20 bits per heavy atom. The lowest BCUT2D eigenvalue weighted by molar-refractivity contribution is -0.130. The van der Waals surface area contributed by atoms with Crippen molar-refractivity contribution in [3.63, 3.8) is 0 Å². The predicted octanol–water partition coefficient (Wildman–Crippen LogP) is 3.51. The van der Waals surface area contributed by atoms with Gasteiger partial charge in [0.2, 0.25) is 5.91 Å². The van der Waals surface area contributed by atoms with Crippen molar-refractivity contribution in [2.24, 2.45) is 0 Å². The highest BCUT2D eigenvalue weighted by Gasteiger charge is 2.28. The first kappa shape index (κ1) is 21.2. The molecule has 0 bridgehead atoms. The van der Waals surface area contributed by atoms with E-state index in [2.05, 4.69) is 40.7 Å². The molecule has 2 fully saturated rings. The molecule has 1 aromatic heterocycles. The van der Waals surface area contributed by atoms with Crippen LogP contribution in [0.2, 0.25) is 0 Å². The van der Waals surface area contributed by atoms with Crippen LogP contribution < -0.4 is 4.90 Å². The van der Waals surface area contributed by atoms with E-state index in [0.29, 0.717) is 0 Å². The molecule has 6 nitrogen and oxygen atoms in total. The van der Waals surface area contributed by atoms with Crippen molar-refractivity contribution >= 4 is 23.4 Å². The van der Waals surface area contributed by atoms with Crippen LogP contribution in [0.5, 0.6) is 0 Å². The van der Waals surface area contributed by atoms with E-state index >= 15 is 0 Å². The minimum Gasteiger partial charge on any atom is -0.376 e. The fourth-order valence-electron chi connectivity index (χ4n) is 4.21. The number of nitrogens with zero attached hydrogens (tertiary/aromatic N) is 4. The molecule has 4 rings (SSSR count). The second-order valence-corrected chi connectivity index (χ2v) is 9.53. The summed E-state index contributed by atoms with van der Waals surface area (Å²) in [4.78, 5) is 22.2. The van der Waals surface area contributed by atoms with E-state index in [9.17, 15) is 4.79 Å². The average molecular weight is 429 g/mol. The number of anilines is 1. The lowest BCUT2D eigenvalue weighted by Crippen LogP contribution is -2.50. The largest absolute Gasteiger partial charge is 0.376 e. The number of para-hydroxylation sites is 1. The maximum absolute atomic E-state index is 13.1. The minimum atomic E-state index is -0.155. The van der Waals surface area contributed by atoms with Crippen molar-refractivity contribution in [1.82, 2.24) is 14.5 Å². The van der Waals surface area contributed by atoms with E-state index in [1.165, 1.54) is 11.4 Å². The highest BCUT2D eigenvalue weighted by atomic mass is 32.2. The molecular weight excluding hydrogens is 396 g/mol. The molecule has 0 N–H and O–H groups in total. The Hall–Kier alpha value is -1.99. The molecule has 1 amide bonds. The molecular formula is C23H32N4O2S. The zero-order chi connectivity index (χ0) is 21.1. The summed E-state index contributed by atoms with van der Waals surface area (Å²) in [5.74, 6) is 0.203. The number of ether oxygens (including phenoxy) is 1. The Morgan fingerprint density at radius 2 is 1.93 bits per heavy atom. The molecule has 0 unspecified atom stereocenters. The number of rotatable bonds is 6. The summed E-state index contributed by atoms with van der Waals surface area (Å²) in [5, 5.41) is 0.780. The van der Waals surface area contributed by atoms with E-state index < -0.39 is 0 Å². The molecule has 162 valence electrons. The first-order valence-corrected chi connectivity index (χ1v) is 11.8. The predicted molar refractivity (Wildman–Crippen MR) is 121 cm³/mol. The normalized spacial score (nSPS) is 20.6. The third-order valence-corrected chi connectivity index (χ3v) is 7.25. The quantitative estimate of drug-likeness (QED) is 0.659. The number of carbonyl (C=O) groups is 1. The molecule has 2 aromatic rings. The van der Waals surface area contributed by atoms with Gasteiger partial charge in [0.05, 0.1) is 23.6 Å². The molecule has 2 saturated heterocycles. The van der Waals surface area contributed by atoms with Crippen molar-refractivity contribution in [2.45, 2.75) is 56.7 Å². The summed E-state index contributed by atoms with van der Waals surface area (Å²) in [7, 11) is 0. The van der Waals surface area contributed by atoms with Crippen molar-refractivity contribution in [1.29, 1.82) is 0 Å². The SMILES string of the molecule is Cc1nc(S[C@@H](C)C(=O)N2CCN(c3ccccc3)CC2)n(C[C@H]2CCCO2)c1C. The number of thioether (sulfide) groups is 1. The summed E-state index contributed by atoms with van der Waals surface area (Å²) in [6.45, 7) is 11.1. The molecule has 2 aliphatic rings. The van der Waals surface area contributed by atoms with Crippen LogP contribution in [0.25, 0.3) is 0 Å². The van der Waals surface area contributed by atoms with Gasteiger partial charge in [0.15, 0.2) is 5.16 Å². The van der Waals surface area contributed by atoms with Crippen molar-refractivity contribution in [2.75, 3.05) is 37.7 Å². The second-order valence-electron chi connectivity index (χ2n) is 8.22. The molecule has 2 atom stereocenters. The van der Waals surface area contributed by atoms with Crippen LogP contribution in [0.1, 0.15) is 31.2 Å². The summed E-state index contributed by atoms with van der Waals surface area (Å²) in [5.41, 5.74) is 3.44. The standard InChI is InChI=1S/C23H32N4O2S/c1-17-18(2)27(16-21-10-7-15-29-21)23(24-17)30-19(3)22(28)26-13-11-25(12-14-26)20-8-5-4-6-9-20/h4-6,8-9,19,21H,7,10-16H2,1-3H3/t19-,21+/m0/s1. The fraction of sp³-hybridized carbons (Fsp3) is 0.565. The van der Waals surface area contributed by atoms with E-state index in [0.717, 1.165) is 63.0 Å². The van der Waals surface area contributed by atoms with Crippen molar-refractivity contribution in [3.8, 4) is 0 Å². The average Bonchev–Trinajstić information content (AvgIpc) is 3.38. The van der Waals surface area contributed by atoms with E-state index in [1.807, 2.05) is 24.8 Å². The third kappa shape index (κ3) is 4.67. The Bertz CT molecular complexity index is 856. The smallest absolute Gasteiger partial charge is 0.236 e. The lowest BCUT2D eigenvalue weighted by atomic mass is 10.2. The first-order valence-electron chi connectivity index (χ1n) is 10.9. The van der Waals surface area contributed by atoms with Crippen LogP contribution in [0, 0.1) is 13.8 Å². The Kier molecular flexibility index (Phi) is 6.68. The van der Waals surface area contributed by atoms with Crippen LogP contribution in [0.4, 0.5) is 5.69 Å². The van der Waals surface area contributed by atoms with Gasteiger partial charge in [-0.25, -0.2) is 4.98 Å². The molecule has 0 aliphatic carbocycles. The van der Waals surface area contributed by atoms with Gasteiger partial charge in [-0.2, -0.15) is 0 Å². The number of piperazine rings is 1. The second kappa shape index (κ2) is 9.43. The van der Waals surface area contributed by atoms with Gasteiger partial charge in [0.25, 0.3) is 0 Å². The van der Waals surface area contributed by atoms with E-state index in [4.69, 9.17) is 9.72 Å². The van der Waals surface area contributed by atoms with Gasteiger partial charge in [-0.3, -0.25) is 4.79 Å². The summed E-state index contributed by atoms with van der Waals surface area (Å²) < 4.78 is 8.08. The Morgan fingerprint density at radius 3 is 2.60 bits per heavy atom. The van der Waals surface area contributed by atoms with Gasteiger partial charge >= 0.3 is 0 Å². The van der Waals surface area contributed by atoms with Crippen molar-refractivity contribution < 1.29 is 9.53 Å². The van der Waals surface area contributed by atoms with Crippen LogP contribution in [-0.2, 0) is 16.1 Å². The zero-order valence-corrected chi connectivity index (χ0v) is 19.0. The molecule has 0 spiro atoms. The summed E-state index contributed by atoms with van der Waals surface area (Å²) in [6.07, 6.45) is 2.48. The van der Waals surface area contributed by atoms with Gasteiger partial charge in [-0.05, 0) is 45.7 Å². The highest BCUT2D eigenvalue weighted by molar-refractivity contribution is 8.00. The first-order chi connectivity index (χ1) is 14.5. The highest BCUT2D eigenvalue weighted by Crippen LogP contribution is 2.28. The van der Waals surface area contributed by atoms with Gasteiger partial charge < -0.3 is 19.1 Å². The van der Waals surface area contributed by atoms with Crippen LogP contribution >= 0.6 is 11.8 Å². The van der Waals surface area contributed by atoms with Crippen LogP contribution in [-0.4, -0.2) is 64.5 Å². The topological polar surface area (TPSA) is 50.6 Å². The van der Waals surface area contributed by atoms with E-state index in [-0.39, 0.29) is 17.3 Å². The molecule has 3 heterocycles. The molecule has 1 aromatic carbocycles. The molecule has 7 heteroatoms. The Labute approximate surface area is 183 Å². The maximum Gasteiger partial charge on any atom is 0.236 e. The van der Waals surface area contributed by atoms with Crippen molar-refractivity contribution in [3.05, 3.63) is 41.7 Å². The van der Waals surface area contributed by atoms with Gasteiger partial charge in [-0.15, -0.1) is 0 Å². The molecule has 0 saturated carbocycles. The summed E-state index contributed by atoms with van der Waals surface area (Å²) >= 11 is 1.58. The van der Waals surface area contributed by atoms with Crippen LogP contribution in [0.15, 0.2) is 35.5 Å².